The second-order valence-electron chi connectivity index (χ2n) is 5.47. The smallest absolute Gasteiger partial charge is 0.249 e. The second-order valence-corrected chi connectivity index (χ2v) is 5.47. The third-order valence-electron chi connectivity index (χ3n) is 3.27. The monoisotopic (exact) mass is 306 g/mol. The molecule has 7 heteroatoms. The Bertz CT molecular complexity index is 656. The van der Waals surface area contributed by atoms with Crippen molar-refractivity contribution in [1.82, 2.24) is 15.5 Å². The maximum Gasteiger partial charge on any atom is 0.249 e. The summed E-state index contributed by atoms with van der Waals surface area (Å²) in [7, 11) is 0. The van der Waals surface area contributed by atoms with Gasteiger partial charge in [-0.15, -0.1) is 0 Å². The molecule has 1 heterocycles. The molecule has 0 aliphatic heterocycles. The number of hydrogen-bond acceptors (Lipinski definition) is 5. The van der Waals surface area contributed by atoms with E-state index >= 15 is 0 Å². The Hall–Kier alpha value is -2.28. The number of halogens is 1. The lowest BCUT2D eigenvalue weighted by atomic mass is 10.0. The van der Waals surface area contributed by atoms with Gasteiger partial charge in [-0.3, -0.25) is 4.79 Å². The number of carbonyl (C=O) groups is 1. The topological polar surface area (TPSA) is 94.0 Å². The molecular weight excluding hydrogens is 287 g/mol. The van der Waals surface area contributed by atoms with E-state index in [0.29, 0.717) is 5.56 Å². The molecule has 22 heavy (non-hydrogen) atoms. The molecule has 0 saturated carbocycles. The molecule has 0 aliphatic rings. The van der Waals surface area contributed by atoms with Crippen molar-refractivity contribution in [2.75, 3.05) is 0 Å². The van der Waals surface area contributed by atoms with Crippen molar-refractivity contribution >= 4 is 5.91 Å². The molecule has 0 saturated heterocycles. The minimum absolute atomic E-state index is 0.0257. The van der Waals surface area contributed by atoms with Gasteiger partial charge in [-0.05, 0) is 25.0 Å². The summed E-state index contributed by atoms with van der Waals surface area (Å²) in [6, 6.07) is 4.80. The SMILES string of the molecule is CC(NC(=O)[C@@H](N)C(C)C)c1nc(-c2cccc(F)c2)no1. The van der Waals surface area contributed by atoms with Crippen molar-refractivity contribution in [3.8, 4) is 11.4 Å². The number of aromatic nitrogens is 2. The van der Waals surface area contributed by atoms with Gasteiger partial charge in [0, 0.05) is 5.56 Å². The lowest BCUT2D eigenvalue weighted by Crippen LogP contribution is -2.44. The van der Waals surface area contributed by atoms with E-state index in [4.69, 9.17) is 10.3 Å². The number of nitrogens with two attached hydrogens (primary N) is 1. The molecule has 118 valence electrons. The fourth-order valence-electron chi connectivity index (χ4n) is 1.83. The fourth-order valence-corrected chi connectivity index (χ4v) is 1.83. The van der Waals surface area contributed by atoms with Crippen molar-refractivity contribution in [1.29, 1.82) is 0 Å². The molecule has 1 unspecified atom stereocenters. The molecule has 0 spiro atoms. The summed E-state index contributed by atoms with van der Waals surface area (Å²) in [5.41, 5.74) is 6.29. The van der Waals surface area contributed by atoms with Gasteiger partial charge in [0.15, 0.2) is 0 Å². The summed E-state index contributed by atoms with van der Waals surface area (Å²) in [5, 5.41) is 6.52. The molecular formula is C15H19FN4O2. The zero-order valence-electron chi connectivity index (χ0n) is 12.7. The maximum atomic E-state index is 13.2. The van der Waals surface area contributed by atoms with Crippen molar-refractivity contribution in [3.05, 3.63) is 36.0 Å². The number of nitrogens with zero attached hydrogens (tertiary/aromatic N) is 2. The van der Waals surface area contributed by atoms with E-state index in [0.717, 1.165) is 0 Å². The van der Waals surface area contributed by atoms with Crippen LogP contribution in [0, 0.1) is 11.7 Å². The van der Waals surface area contributed by atoms with E-state index in [1.165, 1.54) is 12.1 Å². The highest BCUT2D eigenvalue weighted by Gasteiger charge is 2.22. The minimum Gasteiger partial charge on any atom is -0.343 e. The standard InChI is InChI=1S/C15H19FN4O2/c1-8(2)12(17)14(21)18-9(3)15-19-13(20-22-15)10-5-4-6-11(16)7-10/h4-9,12H,17H2,1-3H3,(H,18,21)/t9?,12-/m0/s1. The van der Waals surface area contributed by atoms with E-state index < -0.39 is 12.1 Å². The van der Waals surface area contributed by atoms with Gasteiger partial charge in [-0.2, -0.15) is 4.98 Å². The highest BCUT2D eigenvalue weighted by molar-refractivity contribution is 5.82. The molecule has 0 bridgehead atoms. The lowest BCUT2D eigenvalue weighted by Gasteiger charge is -2.17. The van der Waals surface area contributed by atoms with Gasteiger partial charge in [0.25, 0.3) is 0 Å². The molecule has 3 N–H and O–H groups in total. The number of hydrogen-bond donors (Lipinski definition) is 2. The summed E-state index contributed by atoms with van der Waals surface area (Å²) in [5.74, 6) is -0.133. The van der Waals surface area contributed by atoms with Gasteiger partial charge in [0.05, 0.1) is 6.04 Å². The van der Waals surface area contributed by atoms with E-state index in [9.17, 15) is 9.18 Å². The Morgan fingerprint density at radius 1 is 1.36 bits per heavy atom. The first-order valence-corrected chi connectivity index (χ1v) is 7.04. The number of carbonyl (C=O) groups excluding carboxylic acids is 1. The van der Waals surface area contributed by atoms with Crippen molar-refractivity contribution in [2.45, 2.75) is 32.9 Å². The van der Waals surface area contributed by atoms with E-state index in [2.05, 4.69) is 15.5 Å². The second kappa shape index (κ2) is 6.65. The van der Waals surface area contributed by atoms with Crippen molar-refractivity contribution < 1.29 is 13.7 Å². The molecule has 1 aromatic heterocycles. The molecule has 1 aromatic carbocycles. The quantitative estimate of drug-likeness (QED) is 0.881. The van der Waals surface area contributed by atoms with Gasteiger partial charge in [0.1, 0.15) is 11.9 Å². The Labute approximate surface area is 127 Å². The van der Waals surface area contributed by atoms with Gasteiger partial charge >= 0.3 is 0 Å². The Morgan fingerprint density at radius 3 is 2.73 bits per heavy atom. The molecule has 2 atom stereocenters. The molecule has 0 fully saturated rings. The Morgan fingerprint density at radius 2 is 2.09 bits per heavy atom. The van der Waals surface area contributed by atoms with Gasteiger partial charge in [-0.1, -0.05) is 31.1 Å². The van der Waals surface area contributed by atoms with Crippen LogP contribution < -0.4 is 11.1 Å². The number of rotatable bonds is 5. The van der Waals surface area contributed by atoms with Crippen LogP contribution in [0.3, 0.4) is 0 Å². The zero-order valence-corrected chi connectivity index (χ0v) is 12.7. The fraction of sp³-hybridized carbons (Fsp3) is 0.400. The third-order valence-corrected chi connectivity index (χ3v) is 3.27. The van der Waals surface area contributed by atoms with E-state index in [1.807, 2.05) is 13.8 Å². The Kier molecular flexibility index (Phi) is 4.87. The number of amides is 1. The maximum absolute atomic E-state index is 13.2. The zero-order chi connectivity index (χ0) is 16.3. The predicted octanol–water partition coefficient (Wildman–Crippen LogP) is 2.04. The van der Waals surface area contributed by atoms with Gasteiger partial charge in [-0.25, -0.2) is 4.39 Å². The summed E-state index contributed by atoms with van der Waals surface area (Å²) in [6.45, 7) is 5.45. The summed E-state index contributed by atoms with van der Waals surface area (Å²) >= 11 is 0. The van der Waals surface area contributed by atoms with E-state index in [1.54, 1.807) is 19.1 Å². The summed E-state index contributed by atoms with van der Waals surface area (Å²) < 4.78 is 18.3. The highest BCUT2D eigenvalue weighted by atomic mass is 19.1. The molecule has 2 rings (SSSR count). The highest BCUT2D eigenvalue weighted by Crippen LogP contribution is 2.19. The first-order chi connectivity index (χ1) is 10.4. The van der Waals surface area contributed by atoms with E-state index in [-0.39, 0.29) is 29.4 Å². The van der Waals surface area contributed by atoms with Crippen LogP contribution in [0.2, 0.25) is 0 Å². The van der Waals surface area contributed by atoms with Crippen molar-refractivity contribution in [2.24, 2.45) is 11.7 Å². The average Bonchev–Trinajstić information content (AvgIpc) is 2.96. The van der Waals surface area contributed by atoms with Crippen LogP contribution >= 0.6 is 0 Å². The predicted molar refractivity (Wildman–Crippen MR) is 79.1 cm³/mol. The van der Waals surface area contributed by atoms with Crippen LogP contribution in [0.4, 0.5) is 4.39 Å². The van der Waals surface area contributed by atoms with Crippen LogP contribution in [0.5, 0.6) is 0 Å². The Balaban J connectivity index is 2.09. The van der Waals surface area contributed by atoms with Crippen molar-refractivity contribution in [3.63, 3.8) is 0 Å². The first-order valence-electron chi connectivity index (χ1n) is 7.04. The largest absolute Gasteiger partial charge is 0.343 e. The van der Waals surface area contributed by atoms with Crippen LogP contribution in [-0.4, -0.2) is 22.1 Å². The van der Waals surface area contributed by atoms with Crippen LogP contribution in [0.25, 0.3) is 11.4 Å². The normalized spacial score (nSPS) is 13.9. The molecule has 6 nitrogen and oxygen atoms in total. The lowest BCUT2D eigenvalue weighted by molar-refractivity contribution is -0.124. The summed E-state index contributed by atoms with van der Waals surface area (Å²) in [4.78, 5) is 16.1. The molecule has 1 amide bonds. The molecule has 0 radical (unpaired) electrons. The van der Waals surface area contributed by atoms with Crippen LogP contribution in [0.15, 0.2) is 28.8 Å². The average molecular weight is 306 g/mol. The molecule has 2 aromatic rings. The van der Waals surface area contributed by atoms with Crippen LogP contribution in [0.1, 0.15) is 32.7 Å². The number of nitrogens with one attached hydrogen (secondary N) is 1. The third kappa shape index (κ3) is 3.67. The van der Waals surface area contributed by atoms with Crippen LogP contribution in [-0.2, 0) is 4.79 Å². The molecule has 0 aliphatic carbocycles. The van der Waals surface area contributed by atoms with Gasteiger partial charge < -0.3 is 15.6 Å². The number of benzene rings is 1. The minimum atomic E-state index is -0.604. The van der Waals surface area contributed by atoms with Gasteiger partial charge in [0.2, 0.25) is 17.6 Å². The first kappa shape index (κ1) is 16.1. The summed E-state index contributed by atoms with van der Waals surface area (Å²) in [6.07, 6.45) is 0.